The Morgan fingerprint density at radius 3 is 2.58 bits per heavy atom. The number of alkyl carbamates (subject to hydrolysis) is 1. The standard InChI is InChI=1S/C17H30N2O5/c1-6-8-9-10-17(14(20)22-7-2)11-13(19-24-17)12-18-15(21)23-16(3,4)5/h6-12H2,1-5H3,(H,18,21). The van der Waals surface area contributed by atoms with Crippen molar-refractivity contribution in [1.29, 1.82) is 0 Å². The Hall–Kier alpha value is -1.79. The second-order valence-electron chi connectivity index (χ2n) is 6.95. The van der Waals surface area contributed by atoms with Crippen molar-refractivity contribution in [2.75, 3.05) is 13.2 Å². The molecule has 7 heteroatoms. The van der Waals surface area contributed by atoms with Crippen LogP contribution < -0.4 is 5.32 Å². The molecule has 1 aliphatic heterocycles. The van der Waals surface area contributed by atoms with Crippen LogP contribution in [0.15, 0.2) is 5.16 Å². The Morgan fingerprint density at radius 2 is 2.00 bits per heavy atom. The summed E-state index contributed by atoms with van der Waals surface area (Å²) in [7, 11) is 0. The smallest absolute Gasteiger partial charge is 0.407 e. The molecule has 0 fully saturated rings. The van der Waals surface area contributed by atoms with Crippen LogP contribution in [0.1, 0.15) is 66.7 Å². The zero-order valence-corrected chi connectivity index (χ0v) is 15.4. The van der Waals surface area contributed by atoms with E-state index in [0.717, 1.165) is 19.3 Å². The minimum Gasteiger partial charge on any atom is -0.463 e. The lowest BCUT2D eigenvalue weighted by Crippen LogP contribution is -2.42. The topological polar surface area (TPSA) is 86.2 Å². The Kier molecular flexibility index (Phi) is 7.51. The molecule has 0 aromatic heterocycles. The predicted octanol–water partition coefficient (Wildman–Crippen LogP) is 3.17. The summed E-state index contributed by atoms with van der Waals surface area (Å²) in [5, 5.41) is 6.62. The molecule has 0 radical (unpaired) electrons. The molecule has 1 heterocycles. The summed E-state index contributed by atoms with van der Waals surface area (Å²) >= 11 is 0. The lowest BCUT2D eigenvalue weighted by molar-refractivity contribution is -0.170. The number of carbonyl (C=O) groups is 2. The van der Waals surface area contributed by atoms with Gasteiger partial charge in [-0.3, -0.25) is 0 Å². The Morgan fingerprint density at radius 1 is 1.29 bits per heavy atom. The van der Waals surface area contributed by atoms with E-state index in [1.54, 1.807) is 27.7 Å². The van der Waals surface area contributed by atoms with Crippen molar-refractivity contribution in [1.82, 2.24) is 5.32 Å². The van der Waals surface area contributed by atoms with Crippen molar-refractivity contribution < 1.29 is 23.9 Å². The molecule has 7 nitrogen and oxygen atoms in total. The van der Waals surface area contributed by atoms with Gasteiger partial charge in [0.25, 0.3) is 0 Å². The van der Waals surface area contributed by atoms with Gasteiger partial charge in [0.2, 0.25) is 5.60 Å². The molecule has 1 amide bonds. The second-order valence-corrected chi connectivity index (χ2v) is 6.95. The zero-order chi connectivity index (χ0) is 18.2. The molecule has 1 N–H and O–H groups in total. The molecular weight excluding hydrogens is 312 g/mol. The summed E-state index contributed by atoms with van der Waals surface area (Å²) in [5.74, 6) is -0.392. The Labute approximate surface area is 144 Å². The molecule has 0 saturated carbocycles. The molecule has 0 spiro atoms. The lowest BCUT2D eigenvalue weighted by atomic mass is 9.91. The van der Waals surface area contributed by atoms with E-state index in [-0.39, 0.29) is 6.54 Å². The van der Waals surface area contributed by atoms with Crippen LogP contribution in [0.2, 0.25) is 0 Å². The third kappa shape index (κ3) is 6.37. The molecule has 138 valence electrons. The number of carbonyl (C=O) groups excluding carboxylic acids is 2. The van der Waals surface area contributed by atoms with Crippen LogP contribution in [0.4, 0.5) is 4.79 Å². The van der Waals surface area contributed by atoms with Crippen LogP contribution in [0.25, 0.3) is 0 Å². The minimum atomic E-state index is -1.06. The van der Waals surface area contributed by atoms with Crippen molar-refractivity contribution in [3.8, 4) is 0 Å². The molecule has 0 aromatic rings. The number of esters is 1. The van der Waals surface area contributed by atoms with Gasteiger partial charge in [-0.2, -0.15) is 0 Å². The quantitative estimate of drug-likeness (QED) is 0.541. The van der Waals surface area contributed by atoms with Crippen molar-refractivity contribution in [3.05, 3.63) is 0 Å². The van der Waals surface area contributed by atoms with Gasteiger partial charge in [0.15, 0.2) is 0 Å². The Bertz CT molecular complexity index is 470. The van der Waals surface area contributed by atoms with Gasteiger partial charge in [-0.25, -0.2) is 9.59 Å². The van der Waals surface area contributed by atoms with Crippen molar-refractivity contribution in [3.63, 3.8) is 0 Å². The van der Waals surface area contributed by atoms with Crippen LogP contribution in [0.5, 0.6) is 0 Å². The molecule has 0 saturated heterocycles. The number of nitrogens with zero attached hydrogens (tertiary/aromatic N) is 1. The molecular formula is C17H30N2O5. The molecule has 0 aliphatic carbocycles. The summed E-state index contributed by atoms with van der Waals surface area (Å²) in [6.07, 6.45) is 3.27. The summed E-state index contributed by atoms with van der Waals surface area (Å²) in [5.41, 5.74) is -1.02. The van der Waals surface area contributed by atoms with E-state index in [2.05, 4.69) is 17.4 Å². The van der Waals surface area contributed by atoms with E-state index in [1.165, 1.54) is 0 Å². The number of hydrogen-bond donors (Lipinski definition) is 1. The van der Waals surface area contributed by atoms with E-state index in [4.69, 9.17) is 14.3 Å². The van der Waals surface area contributed by atoms with Gasteiger partial charge in [-0.05, 0) is 34.1 Å². The first-order valence-corrected chi connectivity index (χ1v) is 8.60. The normalized spacial score (nSPS) is 20.1. The maximum absolute atomic E-state index is 12.3. The average molecular weight is 342 g/mol. The fraction of sp³-hybridized carbons (Fsp3) is 0.824. The first kappa shape index (κ1) is 20.3. The Balaban J connectivity index is 2.58. The highest BCUT2D eigenvalue weighted by Crippen LogP contribution is 2.31. The maximum Gasteiger partial charge on any atom is 0.407 e. The molecule has 24 heavy (non-hydrogen) atoms. The molecule has 1 aliphatic rings. The number of nitrogens with one attached hydrogen (secondary N) is 1. The van der Waals surface area contributed by atoms with Gasteiger partial charge in [-0.1, -0.05) is 24.9 Å². The summed E-state index contributed by atoms with van der Waals surface area (Å²) < 4.78 is 10.3. The average Bonchev–Trinajstić information content (AvgIpc) is 2.89. The highest BCUT2D eigenvalue weighted by atomic mass is 16.7. The molecule has 0 bridgehead atoms. The molecule has 0 aromatic carbocycles. The number of hydrogen-bond acceptors (Lipinski definition) is 6. The minimum absolute atomic E-state index is 0.184. The van der Waals surface area contributed by atoms with E-state index >= 15 is 0 Å². The highest BCUT2D eigenvalue weighted by molar-refractivity contribution is 5.96. The predicted molar refractivity (Wildman–Crippen MR) is 90.9 cm³/mol. The van der Waals surface area contributed by atoms with Gasteiger partial charge in [0.05, 0.1) is 18.9 Å². The van der Waals surface area contributed by atoms with E-state index in [0.29, 0.717) is 25.2 Å². The zero-order valence-electron chi connectivity index (χ0n) is 15.4. The van der Waals surface area contributed by atoms with E-state index < -0.39 is 23.3 Å². The van der Waals surface area contributed by atoms with Crippen molar-refractivity contribution in [2.24, 2.45) is 5.16 Å². The van der Waals surface area contributed by atoms with Crippen LogP contribution in [-0.2, 0) is 19.1 Å². The maximum atomic E-state index is 12.3. The highest BCUT2D eigenvalue weighted by Gasteiger charge is 2.47. The van der Waals surface area contributed by atoms with Gasteiger partial charge in [-0.15, -0.1) is 0 Å². The number of ether oxygens (including phenoxy) is 2. The van der Waals surface area contributed by atoms with Gasteiger partial charge < -0.3 is 19.6 Å². The third-order valence-corrected chi connectivity index (χ3v) is 3.51. The van der Waals surface area contributed by atoms with E-state index in [9.17, 15) is 9.59 Å². The SMILES string of the molecule is CCCCCC1(C(=O)OCC)CC(CNC(=O)OC(C)(C)C)=NO1. The molecule has 1 unspecified atom stereocenters. The molecule has 1 atom stereocenters. The second kappa shape index (κ2) is 8.89. The monoisotopic (exact) mass is 342 g/mol. The van der Waals surface area contributed by atoms with Crippen LogP contribution in [0.3, 0.4) is 0 Å². The van der Waals surface area contributed by atoms with Crippen LogP contribution in [-0.4, -0.2) is 42.1 Å². The van der Waals surface area contributed by atoms with Crippen molar-refractivity contribution >= 4 is 17.8 Å². The van der Waals surface area contributed by atoms with Gasteiger partial charge in [0, 0.05) is 12.8 Å². The fourth-order valence-electron chi connectivity index (χ4n) is 2.40. The first-order valence-electron chi connectivity index (χ1n) is 8.60. The molecule has 1 rings (SSSR count). The summed E-state index contributed by atoms with van der Waals surface area (Å²) in [6.45, 7) is 9.72. The third-order valence-electron chi connectivity index (χ3n) is 3.51. The summed E-state index contributed by atoms with van der Waals surface area (Å²) in [6, 6.07) is 0. The number of amides is 1. The summed E-state index contributed by atoms with van der Waals surface area (Å²) in [4.78, 5) is 29.5. The van der Waals surface area contributed by atoms with E-state index in [1.807, 2.05) is 0 Å². The largest absolute Gasteiger partial charge is 0.463 e. The number of rotatable bonds is 8. The van der Waals surface area contributed by atoms with Gasteiger partial charge >= 0.3 is 12.1 Å². The number of unbranched alkanes of at least 4 members (excludes halogenated alkanes) is 2. The van der Waals surface area contributed by atoms with Gasteiger partial charge in [0.1, 0.15) is 5.60 Å². The van der Waals surface area contributed by atoms with Crippen LogP contribution >= 0.6 is 0 Å². The fourth-order valence-corrected chi connectivity index (χ4v) is 2.40. The number of oxime groups is 1. The first-order chi connectivity index (χ1) is 11.2. The lowest BCUT2D eigenvalue weighted by Gasteiger charge is -2.24. The van der Waals surface area contributed by atoms with Crippen LogP contribution in [0, 0.1) is 0 Å². The van der Waals surface area contributed by atoms with Crippen molar-refractivity contribution in [2.45, 2.75) is 77.9 Å².